The number of ether oxygens (including phenoxy) is 1. The maximum Gasteiger partial charge on any atom is 0.135 e. The first-order valence-electron chi connectivity index (χ1n) is 8.36. The van der Waals surface area contributed by atoms with Crippen LogP contribution in [0.1, 0.15) is 11.4 Å². The molecular formula is C20H21N3O. The van der Waals surface area contributed by atoms with Gasteiger partial charge in [-0.05, 0) is 5.56 Å². The molecule has 1 atom stereocenters. The van der Waals surface area contributed by atoms with Crippen LogP contribution in [0.15, 0.2) is 66.9 Å². The van der Waals surface area contributed by atoms with Crippen molar-refractivity contribution < 1.29 is 4.74 Å². The second-order valence-corrected chi connectivity index (χ2v) is 6.11. The molecule has 1 aromatic heterocycles. The lowest BCUT2D eigenvalue weighted by molar-refractivity contribution is 0.00278. The standard InChI is InChI=1S/C20H21N3O/c1-3-7-16(8-4-1)11-21-12-18-13-23-14-19(22-20(23)15-24-18)17-9-5-2-6-10-17/h1-10,14,18,21H,11-13,15H2. The molecule has 0 aliphatic carbocycles. The van der Waals surface area contributed by atoms with E-state index in [0.717, 1.165) is 36.7 Å². The van der Waals surface area contributed by atoms with Crippen LogP contribution in [-0.4, -0.2) is 22.2 Å². The highest BCUT2D eigenvalue weighted by Crippen LogP contribution is 2.21. The smallest absolute Gasteiger partial charge is 0.135 e. The fourth-order valence-corrected chi connectivity index (χ4v) is 3.04. The van der Waals surface area contributed by atoms with Crippen molar-refractivity contribution >= 4 is 0 Å². The van der Waals surface area contributed by atoms with Crippen molar-refractivity contribution in [2.75, 3.05) is 6.54 Å². The van der Waals surface area contributed by atoms with Crippen molar-refractivity contribution in [1.29, 1.82) is 0 Å². The van der Waals surface area contributed by atoms with E-state index >= 15 is 0 Å². The molecule has 1 aliphatic rings. The Morgan fingerprint density at radius 2 is 1.79 bits per heavy atom. The van der Waals surface area contributed by atoms with Crippen molar-refractivity contribution in [3.05, 3.63) is 78.2 Å². The zero-order valence-electron chi connectivity index (χ0n) is 13.6. The van der Waals surface area contributed by atoms with Gasteiger partial charge in [-0.2, -0.15) is 0 Å². The minimum Gasteiger partial charge on any atom is -0.367 e. The fraction of sp³-hybridized carbons (Fsp3) is 0.250. The van der Waals surface area contributed by atoms with E-state index in [4.69, 9.17) is 9.72 Å². The SMILES string of the molecule is c1ccc(CNCC2Cn3cc(-c4ccccc4)nc3CO2)cc1. The van der Waals surface area contributed by atoms with Gasteiger partial charge < -0.3 is 14.6 Å². The number of hydrogen-bond acceptors (Lipinski definition) is 3. The summed E-state index contributed by atoms with van der Waals surface area (Å²) in [6.07, 6.45) is 2.32. The summed E-state index contributed by atoms with van der Waals surface area (Å²) in [5.74, 6) is 1.01. The summed E-state index contributed by atoms with van der Waals surface area (Å²) in [4.78, 5) is 4.70. The number of nitrogens with one attached hydrogen (secondary N) is 1. The van der Waals surface area contributed by atoms with Gasteiger partial charge in [-0.3, -0.25) is 0 Å². The molecule has 0 radical (unpaired) electrons. The van der Waals surface area contributed by atoms with E-state index in [2.05, 4.69) is 52.5 Å². The van der Waals surface area contributed by atoms with Crippen molar-refractivity contribution in [2.45, 2.75) is 25.8 Å². The van der Waals surface area contributed by atoms with Crippen LogP contribution < -0.4 is 5.32 Å². The molecule has 4 nitrogen and oxygen atoms in total. The van der Waals surface area contributed by atoms with Crippen LogP contribution in [0.3, 0.4) is 0 Å². The second-order valence-electron chi connectivity index (χ2n) is 6.11. The third kappa shape index (κ3) is 3.40. The Kier molecular flexibility index (Phi) is 4.40. The highest BCUT2D eigenvalue weighted by atomic mass is 16.5. The highest BCUT2D eigenvalue weighted by Gasteiger charge is 2.20. The Labute approximate surface area is 142 Å². The average Bonchev–Trinajstić information content (AvgIpc) is 3.07. The normalized spacial score (nSPS) is 16.8. The lowest BCUT2D eigenvalue weighted by atomic mass is 10.2. The fourth-order valence-electron chi connectivity index (χ4n) is 3.04. The molecule has 4 heteroatoms. The zero-order valence-corrected chi connectivity index (χ0v) is 13.6. The molecule has 2 heterocycles. The summed E-state index contributed by atoms with van der Waals surface area (Å²) in [7, 11) is 0. The van der Waals surface area contributed by atoms with Gasteiger partial charge in [-0.25, -0.2) is 4.98 Å². The molecule has 1 aliphatic heterocycles. The first kappa shape index (κ1) is 15.1. The molecule has 0 spiro atoms. The van der Waals surface area contributed by atoms with E-state index < -0.39 is 0 Å². The van der Waals surface area contributed by atoms with Gasteiger partial charge in [0, 0.05) is 24.8 Å². The molecule has 2 aromatic carbocycles. The molecule has 0 bridgehead atoms. The predicted octanol–water partition coefficient (Wildman–Crippen LogP) is 3.24. The van der Waals surface area contributed by atoms with Gasteiger partial charge in [0.25, 0.3) is 0 Å². The van der Waals surface area contributed by atoms with Crippen LogP contribution in [0.2, 0.25) is 0 Å². The van der Waals surface area contributed by atoms with E-state index in [1.807, 2.05) is 24.3 Å². The van der Waals surface area contributed by atoms with E-state index in [0.29, 0.717) is 6.61 Å². The van der Waals surface area contributed by atoms with Crippen LogP contribution in [0.5, 0.6) is 0 Å². The van der Waals surface area contributed by atoms with Crippen LogP contribution in [0.25, 0.3) is 11.3 Å². The maximum absolute atomic E-state index is 5.95. The number of imidazole rings is 1. The number of hydrogen-bond donors (Lipinski definition) is 1. The van der Waals surface area contributed by atoms with E-state index in [9.17, 15) is 0 Å². The first-order valence-corrected chi connectivity index (χ1v) is 8.36. The summed E-state index contributed by atoms with van der Waals surface area (Å²) in [6, 6.07) is 20.7. The Bertz CT molecular complexity index is 783. The summed E-state index contributed by atoms with van der Waals surface area (Å²) >= 11 is 0. The zero-order chi connectivity index (χ0) is 16.2. The van der Waals surface area contributed by atoms with Crippen LogP contribution in [-0.2, 0) is 24.4 Å². The molecular weight excluding hydrogens is 298 g/mol. The van der Waals surface area contributed by atoms with Crippen LogP contribution in [0.4, 0.5) is 0 Å². The van der Waals surface area contributed by atoms with E-state index in [-0.39, 0.29) is 6.10 Å². The molecule has 0 saturated heterocycles. The molecule has 1 unspecified atom stereocenters. The minimum atomic E-state index is 0.180. The highest BCUT2D eigenvalue weighted by molar-refractivity contribution is 5.58. The number of rotatable bonds is 5. The topological polar surface area (TPSA) is 39.1 Å². The molecule has 24 heavy (non-hydrogen) atoms. The lowest BCUT2D eigenvalue weighted by Crippen LogP contribution is -2.35. The predicted molar refractivity (Wildman–Crippen MR) is 94.4 cm³/mol. The summed E-state index contributed by atoms with van der Waals surface area (Å²) < 4.78 is 8.17. The lowest BCUT2D eigenvalue weighted by Gasteiger charge is -2.24. The van der Waals surface area contributed by atoms with Crippen molar-refractivity contribution in [3.8, 4) is 11.3 Å². The quantitative estimate of drug-likeness (QED) is 0.785. The molecule has 122 valence electrons. The molecule has 0 saturated carbocycles. The third-order valence-corrected chi connectivity index (χ3v) is 4.32. The number of benzene rings is 2. The van der Waals surface area contributed by atoms with Crippen molar-refractivity contribution in [1.82, 2.24) is 14.9 Å². The second kappa shape index (κ2) is 6.99. The Morgan fingerprint density at radius 3 is 2.58 bits per heavy atom. The maximum atomic E-state index is 5.95. The Morgan fingerprint density at radius 1 is 1.04 bits per heavy atom. The van der Waals surface area contributed by atoms with Gasteiger partial charge in [0.2, 0.25) is 0 Å². The number of aromatic nitrogens is 2. The molecule has 1 N–H and O–H groups in total. The van der Waals surface area contributed by atoms with Gasteiger partial charge in [-0.15, -0.1) is 0 Å². The summed E-state index contributed by atoms with van der Waals surface area (Å²) in [6.45, 7) is 3.13. The first-order chi connectivity index (χ1) is 11.9. The van der Waals surface area contributed by atoms with E-state index in [1.165, 1.54) is 5.56 Å². The third-order valence-electron chi connectivity index (χ3n) is 4.32. The minimum absolute atomic E-state index is 0.180. The average molecular weight is 319 g/mol. The summed E-state index contributed by atoms with van der Waals surface area (Å²) in [5.41, 5.74) is 3.47. The Hall–Kier alpha value is -2.43. The molecule has 4 rings (SSSR count). The van der Waals surface area contributed by atoms with Crippen molar-refractivity contribution in [3.63, 3.8) is 0 Å². The van der Waals surface area contributed by atoms with Crippen LogP contribution >= 0.6 is 0 Å². The Balaban J connectivity index is 1.36. The van der Waals surface area contributed by atoms with Crippen LogP contribution in [0, 0.1) is 0 Å². The molecule has 3 aromatic rings. The van der Waals surface area contributed by atoms with Gasteiger partial charge in [0.1, 0.15) is 12.4 Å². The largest absolute Gasteiger partial charge is 0.367 e. The monoisotopic (exact) mass is 319 g/mol. The van der Waals surface area contributed by atoms with E-state index in [1.54, 1.807) is 0 Å². The molecule has 0 amide bonds. The van der Waals surface area contributed by atoms with Gasteiger partial charge in [0.15, 0.2) is 0 Å². The molecule has 0 fully saturated rings. The summed E-state index contributed by atoms with van der Waals surface area (Å²) in [5, 5.41) is 3.48. The number of nitrogens with zero attached hydrogens (tertiary/aromatic N) is 2. The van der Waals surface area contributed by atoms with Gasteiger partial charge >= 0.3 is 0 Å². The van der Waals surface area contributed by atoms with Crippen molar-refractivity contribution in [2.24, 2.45) is 0 Å². The number of fused-ring (bicyclic) bond motifs is 1. The van der Waals surface area contributed by atoms with Gasteiger partial charge in [-0.1, -0.05) is 60.7 Å². The van der Waals surface area contributed by atoms with Gasteiger partial charge in [0.05, 0.1) is 18.3 Å².